The van der Waals surface area contributed by atoms with E-state index in [1.807, 2.05) is 24.3 Å². The second kappa shape index (κ2) is 7.43. The van der Waals surface area contributed by atoms with Gasteiger partial charge in [0.05, 0.1) is 5.56 Å². The van der Waals surface area contributed by atoms with E-state index >= 15 is 0 Å². The first-order valence-corrected chi connectivity index (χ1v) is 8.65. The largest absolute Gasteiger partial charge is 0.372 e. The third kappa shape index (κ3) is 3.61. The van der Waals surface area contributed by atoms with Crippen molar-refractivity contribution in [1.82, 2.24) is 14.9 Å². The topological polar surface area (TPSA) is 76.2 Å². The molecule has 1 aromatic carbocycles. The van der Waals surface area contributed by atoms with Gasteiger partial charge in [0, 0.05) is 43.8 Å². The molecule has 3 rings (SSSR count). The zero-order valence-electron chi connectivity index (χ0n) is 15.5. The summed E-state index contributed by atoms with van der Waals surface area (Å²) in [7, 11) is 1.77. The second-order valence-electron chi connectivity index (χ2n) is 6.06. The Morgan fingerprint density at radius 3 is 2.50 bits per heavy atom. The van der Waals surface area contributed by atoms with E-state index in [2.05, 4.69) is 34.3 Å². The molecule has 0 saturated carbocycles. The van der Waals surface area contributed by atoms with E-state index in [1.54, 1.807) is 30.9 Å². The Kier molecular flexibility index (Phi) is 5.06. The Labute approximate surface area is 152 Å². The van der Waals surface area contributed by atoms with Crippen LogP contribution in [-0.2, 0) is 7.05 Å². The van der Waals surface area contributed by atoms with Crippen molar-refractivity contribution in [1.29, 1.82) is 0 Å². The van der Waals surface area contributed by atoms with E-state index < -0.39 is 0 Å². The number of carbonyl (C=O) groups excluding carboxylic acids is 1. The molecule has 136 valence electrons. The van der Waals surface area contributed by atoms with Crippen LogP contribution in [0.1, 0.15) is 30.0 Å². The molecule has 0 saturated heterocycles. The van der Waals surface area contributed by atoms with Gasteiger partial charge in [0.15, 0.2) is 0 Å². The predicted molar refractivity (Wildman–Crippen MR) is 101 cm³/mol. The molecule has 0 spiro atoms. The number of anilines is 2. The maximum Gasteiger partial charge on any atom is 0.259 e. The van der Waals surface area contributed by atoms with Crippen molar-refractivity contribution < 1.29 is 9.32 Å². The number of carbonyl (C=O) groups is 1. The van der Waals surface area contributed by atoms with Crippen LogP contribution in [0, 0.1) is 6.92 Å². The Hall–Kier alpha value is -3.09. The van der Waals surface area contributed by atoms with Crippen LogP contribution >= 0.6 is 0 Å². The first kappa shape index (κ1) is 17.7. The molecule has 26 heavy (non-hydrogen) atoms. The fourth-order valence-electron chi connectivity index (χ4n) is 2.86. The smallest absolute Gasteiger partial charge is 0.259 e. The lowest BCUT2D eigenvalue weighted by Gasteiger charge is -2.21. The number of hydrogen-bond acceptors (Lipinski definition) is 5. The quantitative estimate of drug-likeness (QED) is 0.734. The van der Waals surface area contributed by atoms with Crippen molar-refractivity contribution in [2.45, 2.75) is 20.8 Å². The summed E-state index contributed by atoms with van der Waals surface area (Å²) < 4.78 is 6.70. The van der Waals surface area contributed by atoms with Crippen LogP contribution < -0.4 is 10.2 Å². The maximum atomic E-state index is 12.7. The lowest BCUT2D eigenvalue weighted by Crippen LogP contribution is -2.21. The minimum Gasteiger partial charge on any atom is -0.372 e. The van der Waals surface area contributed by atoms with Crippen LogP contribution in [0.25, 0.3) is 11.4 Å². The summed E-state index contributed by atoms with van der Waals surface area (Å²) >= 11 is 0. The highest BCUT2D eigenvalue weighted by atomic mass is 16.5. The number of benzene rings is 1. The molecule has 1 amide bonds. The highest BCUT2D eigenvalue weighted by Gasteiger charge is 2.20. The van der Waals surface area contributed by atoms with Crippen molar-refractivity contribution in [2.75, 3.05) is 23.3 Å². The third-order valence-corrected chi connectivity index (χ3v) is 4.20. The highest BCUT2D eigenvalue weighted by molar-refractivity contribution is 6.07. The van der Waals surface area contributed by atoms with E-state index in [4.69, 9.17) is 4.52 Å². The Bertz CT molecular complexity index is 891. The summed E-state index contributed by atoms with van der Waals surface area (Å²) in [5.74, 6) is 0.438. The van der Waals surface area contributed by atoms with Crippen LogP contribution in [0.4, 0.5) is 11.4 Å². The standard InChI is InChI=1S/C19H23N5O2/c1-5-24(6-2)15-9-7-14(8-10-15)20-19(25)16-12-23(4)21-18(16)17-11-13(3)26-22-17/h7-12H,5-6H2,1-4H3,(H,20,25). The molecule has 7 heteroatoms. The SMILES string of the molecule is CCN(CC)c1ccc(NC(=O)c2cn(C)nc2-c2cc(C)on2)cc1. The van der Waals surface area contributed by atoms with Crippen molar-refractivity contribution in [3.8, 4) is 11.4 Å². The molecular weight excluding hydrogens is 330 g/mol. The zero-order valence-corrected chi connectivity index (χ0v) is 15.5. The molecule has 2 aromatic heterocycles. The third-order valence-electron chi connectivity index (χ3n) is 4.20. The Balaban J connectivity index is 1.81. The summed E-state index contributed by atoms with van der Waals surface area (Å²) in [5, 5.41) is 11.2. The van der Waals surface area contributed by atoms with Crippen LogP contribution in [0.3, 0.4) is 0 Å². The minimum atomic E-state index is -0.232. The van der Waals surface area contributed by atoms with Gasteiger partial charge in [-0.05, 0) is 45.0 Å². The summed E-state index contributed by atoms with van der Waals surface area (Å²) in [5.41, 5.74) is 3.37. The van der Waals surface area contributed by atoms with Gasteiger partial charge in [-0.15, -0.1) is 0 Å². The fourth-order valence-corrected chi connectivity index (χ4v) is 2.86. The molecule has 1 N–H and O–H groups in total. The van der Waals surface area contributed by atoms with E-state index in [-0.39, 0.29) is 5.91 Å². The second-order valence-corrected chi connectivity index (χ2v) is 6.06. The van der Waals surface area contributed by atoms with Gasteiger partial charge in [-0.25, -0.2) is 0 Å². The van der Waals surface area contributed by atoms with Crippen LogP contribution in [-0.4, -0.2) is 33.9 Å². The molecule has 0 fully saturated rings. The van der Waals surface area contributed by atoms with Gasteiger partial charge in [0.2, 0.25) is 0 Å². The van der Waals surface area contributed by atoms with Gasteiger partial charge in [0.1, 0.15) is 17.1 Å². The molecule has 0 unspecified atom stereocenters. The molecule has 2 heterocycles. The summed E-state index contributed by atoms with van der Waals surface area (Å²) in [6, 6.07) is 9.59. The molecule has 0 aliphatic carbocycles. The van der Waals surface area contributed by atoms with Gasteiger partial charge < -0.3 is 14.7 Å². The van der Waals surface area contributed by atoms with Crippen LogP contribution in [0.2, 0.25) is 0 Å². The number of aromatic nitrogens is 3. The molecule has 0 aliphatic rings. The predicted octanol–water partition coefficient (Wildman–Crippen LogP) is 3.48. The monoisotopic (exact) mass is 353 g/mol. The van der Waals surface area contributed by atoms with Crippen molar-refractivity contribution >= 4 is 17.3 Å². The van der Waals surface area contributed by atoms with E-state index in [1.165, 1.54) is 0 Å². The average molecular weight is 353 g/mol. The maximum absolute atomic E-state index is 12.7. The van der Waals surface area contributed by atoms with Gasteiger partial charge in [-0.2, -0.15) is 5.10 Å². The normalized spacial score (nSPS) is 10.8. The Morgan fingerprint density at radius 1 is 1.23 bits per heavy atom. The number of amides is 1. The summed E-state index contributed by atoms with van der Waals surface area (Å²) in [6.45, 7) is 7.93. The molecule has 0 radical (unpaired) electrons. The van der Waals surface area contributed by atoms with Crippen molar-refractivity contribution in [3.05, 3.63) is 47.9 Å². The molecule has 7 nitrogen and oxygen atoms in total. The van der Waals surface area contributed by atoms with E-state index in [0.717, 1.165) is 24.5 Å². The van der Waals surface area contributed by atoms with Crippen molar-refractivity contribution in [3.63, 3.8) is 0 Å². The average Bonchev–Trinajstić information content (AvgIpc) is 3.23. The lowest BCUT2D eigenvalue weighted by atomic mass is 10.1. The first-order chi connectivity index (χ1) is 12.5. The number of nitrogens with one attached hydrogen (secondary N) is 1. The fraction of sp³-hybridized carbons (Fsp3) is 0.316. The minimum absolute atomic E-state index is 0.232. The molecule has 0 atom stereocenters. The van der Waals surface area contributed by atoms with Crippen LogP contribution in [0.5, 0.6) is 0 Å². The number of aryl methyl sites for hydroxylation is 2. The molecular formula is C19H23N5O2. The molecule has 0 aliphatic heterocycles. The first-order valence-electron chi connectivity index (χ1n) is 8.65. The number of rotatable bonds is 6. The van der Waals surface area contributed by atoms with E-state index in [0.29, 0.717) is 22.7 Å². The highest BCUT2D eigenvalue weighted by Crippen LogP contribution is 2.23. The Morgan fingerprint density at radius 2 is 1.92 bits per heavy atom. The summed E-state index contributed by atoms with van der Waals surface area (Å²) in [6.07, 6.45) is 1.68. The van der Waals surface area contributed by atoms with Gasteiger partial charge in [0.25, 0.3) is 5.91 Å². The summed E-state index contributed by atoms with van der Waals surface area (Å²) in [4.78, 5) is 15.0. The number of nitrogens with zero attached hydrogens (tertiary/aromatic N) is 4. The lowest BCUT2D eigenvalue weighted by molar-refractivity contribution is 0.102. The molecule has 3 aromatic rings. The number of hydrogen-bond donors (Lipinski definition) is 1. The van der Waals surface area contributed by atoms with Crippen molar-refractivity contribution in [2.24, 2.45) is 7.05 Å². The van der Waals surface area contributed by atoms with Gasteiger partial charge >= 0.3 is 0 Å². The van der Waals surface area contributed by atoms with Crippen LogP contribution in [0.15, 0.2) is 41.1 Å². The van der Waals surface area contributed by atoms with Gasteiger partial charge in [-0.3, -0.25) is 9.48 Å². The van der Waals surface area contributed by atoms with Gasteiger partial charge in [-0.1, -0.05) is 5.16 Å². The van der Waals surface area contributed by atoms with E-state index in [9.17, 15) is 4.79 Å². The molecule has 0 bridgehead atoms. The zero-order chi connectivity index (χ0) is 18.7.